The molecule has 96 valence electrons. The number of nitrogens with one attached hydrogen (secondary N) is 1. The van der Waals surface area contributed by atoms with Gasteiger partial charge in [0, 0.05) is 6.04 Å². The second-order valence-corrected chi connectivity index (χ2v) is 7.49. The molecule has 1 saturated heterocycles. The van der Waals surface area contributed by atoms with Gasteiger partial charge in [-0.25, -0.2) is 8.42 Å². The molecule has 1 fully saturated rings. The first kappa shape index (κ1) is 13.1. The molecule has 0 bridgehead atoms. The Hall–Kier alpha value is -0.330. The molecule has 0 amide bonds. The van der Waals surface area contributed by atoms with Crippen molar-refractivity contribution in [2.45, 2.75) is 31.8 Å². The summed E-state index contributed by atoms with van der Waals surface area (Å²) < 4.78 is 29.2. The van der Waals surface area contributed by atoms with Gasteiger partial charge in [-0.2, -0.15) is 0 Å². The van der Waals surface area contributed by atoms with Gasteiger partial charge in [0.2, 0.25) is 0 Å². The maximum Gasteiger partial charge on any atom is 0.169 e. The number of rotatable bonds is 3. The molecule has 0 aromatic carbocycles. The molecular weight excluding hydrogens is 306 g/mol. The van der Waals surface area contributed by atoms with Gasteiger partial charge in [0.05, 0.1) is 17.5 Å². The molecule has 1 aromatic heterocycles. The van der Waals surface area contributed by atoms with Crippen molar-refractivity contribution in [2.75, 3.05) is 11.5 Å². The molecule has 0 aliphatic carbocycles. The zero-order valence-electron chi connectivity index (χ0n) is 9.65. The summed E-state index contributed by atoms with van der Waals surface area (Å²) in [4.78, 5) is 0. The standard InChI is InChI=1S/C11H16BrNO3S/c1-8(10-4-5-11(12)16-10)13-9-3-2-6-17(14,15)7-9/h4-5,8-9,13H,2-3,6-7H2,1H3. The molecule has 1 N–H and O–H groups in total. The summed E-state index contributed by atoms with van der Waals surface area (Å²) in [5.74, 6) is 1.38. The van der Waals surface area contributed by atoms with E-state index >= 15 is 0 Å². The lowest BCUT2D eigenvalue weighted by Crippen LogP contribution is -2.41. The highest BCUT2D eigenvalue weighted by Gasteiger charge is 2.26. The Morgan fingerprint density at radius 2 is 2.29 bits per heavy atom. The quantitative estimate of drug-likeness (QED) is 0.927. The number of sulfone groups is 1. The van der Waals surface area contributed by atoms with Crippen molar-refractivity contribution in [3.63, 3.8) is 0 Å². The van der Waals surface area contributed by atoms with E-state index in [4.69, 9.17) is 4.42 Å². The van der Waals surface area contributed by atoms with Gasteiger partial charge >= 0.3 is 0 Å². The molecule has 2 rings (SSSR count). The van der Waals surface area contributed by atoms with Crippen molar-refractivity contribution < 1.29 is 12.8 Å². The number of hydrogen-bond donors (Lipinski definition) is 1. The van der Waals surface area contributed by atoms with Crippen LogP contribution in [0.1, 0.15) is 31.6 Å². The molecule has 1 aliphatic heterocycles. The van der Waals surface area contributed by atoms with Gasteiger partial charge < -0.3 is 9.73 Å². The predicted molar refractivity (Wildman–Crippen MR) is 69.6 cm³/mol. The molecule has 2 atom stereocenters. The van der Waals surface area contributed by atoms with E-state index in [9.17, 15) is 8.42 Å². The second kappa shape index (κ2) is 5.12. The van der Waals surface area contributed by atoms with Crippen LogP contribution in [0.5, 0.6) is 0 Å². The first-order valence-corrected chi connectivity index (χ1v) is 8.29. The minimum atomic E-state index is -2.86. The molecule has 2 heterocycles. The van der Waals surface area contributed by atoms with Gasteiger partial charge in [0.15, 0.2) is 14.5 Å². The number of halogens is 1. The topological polar surface area (TPSA) is 59.3 Å². The lowest BCUT2D eigenvalue weighted by Gasteiger charge is -2.25. The van der Waals surface area contributed by atoms with Crippen molar-refractivity contribution in [1.82, 2.24) is 5.32 Å². The van der Waals surface area contributed by atoms with Crippen LogP contribution in [0.25, 0.3) is 0 Å². The summed E-state index contributed by atoms with van der Waals surface area (Å²) in [6.07, 6.45) is 1.65. The Balaban J connectivity index is 1.97. The monoisotopic (exact) mass is 321 g/mol. The van der Waals surface area contributed by atoms with E-state index in [1.165, 1.54) is 0 Å². The summed E-state index contributed by atoms with van der Waals surface area (Å²) in [7, 11) is -2.86. The highest BCUT2D eigenvalue weighted by molar-refractivity contribution is 9.10. The largest absolute Gasteiger partial charge is 0.453 e. The smallest absolute Gasteiger partial charge is 0.169 e. The van der Waals surface area contributed by atoms with Crippen molar-refractivity contribution >= 4 is 25.8 Å². The average molecular weight is 322 g/mol. The van der Waals surface area contributed by atoms with E-state index in [1.54, 1.807) is 0 Å². The van der Waals surface area contributed by atoms with Crippen LogP contribution in [0.2, 0.25) is 0 Å². The van der Waals surface area contributed by atoms with E-state index in [2.05, 4.69) is 21.2 Å². The first-order valence-electron chi connectivity index (χ1n) is 5.68. The van der Waals surface area contributed by atoms with E-state index < -0.39 is 9.84 Å². The van der Waals surface area contributed by atoms with Crippen LogP contribution in [0.3, 0.4) is 0 Å². The lowest BCUT2D eigenvalue weighted by atomic mass is 10.1. The normalized spacial score (nSPS) is 25.6. The molecule has 4 nitrogen and oxygen atoms in total. The van der Waals surface area contributed by atoms with Crippen molar-refractivity contribution in [1.29, 1.82) is 0 Å². The summed E-state index contributed by atoms with van der Waals surface area (Å²) in [6.45, 7) is 1.98. The summed E-state index contributed by atoms with van der Waals surface area (Å²) in [5.41, 5.74) is 0. The van der Waals surface area contributed by atoms with Crippen LogP contribution in [0.15, 0.2) is 21.2 Å². The molecule has 6 heteroatoms. The van der Waals surface area contributed by atoms with E-state index in [-0.39, 0.29) is 17.8 Å². The van der Waals surface area contributed by atoms with Crippen molar-refractivity contribution in [3.05, 3.63) is 22.6 Å². The zero-order chi connectivity index (χ0) is 12.5. The Morgan fingerprint density at radius 1 is 1.53 bits per heavy atom. The zero-order valence-corrected chi connectivity index (χ0v) is 12.1. The minimum Gasteiger partial charge on any atom is -0.453 e. The third-order valence-corrected chi connectivity index (χ3v) is 5.22. The Labute approximate surface area is 110 Å². The Morgan fingerprint density at radius 3 is 2.88 bits per heavy atom. The van der Waals surface area contributed by atoms with Gasteiger partial charge in [0.1, 0.15) is 5.76 Å². The number of hydrogen-bond acceptors (Lipinski definition) is 4. The fourth-order valence-corrected chi connectivity index (χ4v) is 4.12. The van der Waals surface area contributed by atoms with E-state index in [1.807, 2.05) is 19.1 Å². The van der Waals surface area contributed by atoms with Gasteiger partial charge in [-0.15, -0.1) is 0 Å². The van der Waals surface area contributed by atoms with Crippen molar-refractivity contribution in [3.8, 4) is 0 Å². The Kier molecular flexibility index (Phi) is 3.95. The van der Waals surface area contributed by atoms with Crippen LogP contribution in [-0.4, -0.2) is 26.0 Å². The van der Waals surface area contributed by atoms with Gasteiger partial charge in [-0.3, -0.25) is 0 Å². The molecule has 1 aliphatic rings. The molecule has 0 spiro atoms. The van der Waals surface area contributed by atoms with Crippen LogP contribution >= 0.6 is 15.9 Å². The Bertz CT molecular complexity index is 483. The molecular formula is C11H16BrNO3S. The molecule has 2 unspecified atom stereocenters. The minimum absolute atomic E-state index is 0.0274. The van der Waals surface area contributed by atoms with Crippen LogP contribution in [0, 0.1) is 0 Å². The summed E-state index contributed by atoms with van der Waals surface area (Å²) >= 11 is 3.25. The molecule has 0 saturated carbocycles. The van der Waals surface area contributed by atoms with Crippen molar-refractivity contribution in [2.24, 2.45) is 0 Å². The number of furan rings is 1. The van der Waals surface area contributed by atoms with E-state index in [0.29, 0.717) is 10.4 Å². The van der Waals surface area contributed by atoms with Gasteiger partial charge in [-0.1, -0.05) is 0 Å². The van der Waals surface area contributed by atoms with Gasteiger partial charge in [0.25, 0.3) is 0 Å². The average Bonchev–Trinajstić information content (AvgIpc) is 2.63. The third-order valence-electron chi connectivity index (χ3n) is 2.97. The molecule has 1 aromatic rings. The SMILES string of the molecule is CC(NC1CCCS(=O)(=O)C1)c1ccc(Br)o1. The fraction of sp³-hybridized carbons (Fsp3) is 0.636. The maximum absolute atomic E-state index is 11.5. The van der Waals surface area contributed by atoms with Crippen LogP contribution in [0.4, 0.5) is 0 Å². The molecule has 0 radical (unpaired) electrons. The third kappa shape index (κ3) is 3.56. The highest BCUT2D eigenvalue weighted by Crippen LogP contribution is 2.22. The van der Waals surface area contributed by atoms with E-state index in [0.717, 1.165) is 18.6 Å². The van der Waals surface area contributed by atoms with Crippen LogP contribution in [-0.2, 0) is 9.84 Å². The lowest BCUT2D eigenvalue weighted by molar-refractivity contribution is 0.375. The van der Waals surface area contributed by atoms with Gasteiger partial charge in [-0.05, 0) is 47.8 Å². The second-order valence-electron chi connectivity index (χ2n) is 4.48. The van der Waals surface area contributed by atoms with Crippen LogP contribution < -0.4 is 5.32 Å². The summed E-state index contributed by atoms with van der Waals surface area (Å²) in [6, 6.07) is 3.79. The summed E-state index contributed by atoms with van der Waals surface area (Å²) in [5, 5.41) is 3.31. The highest BCUT2D eigenvalue weighted by atomic mass is 79.9. The fourth-order valence-electron chi connectivity index (χ4n) is 2.15. The maximum atomic E-state index is 11.5. The first-order chi connectivity index (χ1) is 7.96. The predicted octanol–water partition coefficient (Wildman–Crippen LogP) is 2.27. The molecule has 17 heavy (non-hydrogen) atoms.